The average molecular weight is 268 g/mol. The smallest absolute Gasteiger partial charge is 0.254 e. The monoisotopic (exact) mass is 268 g/mol. The quantitative estimate of drug-likeness (QED) is 0.910. The first kappa shape index (κ1) is 13.1. The first-order valence-corrected chi connectivity index (χ1v) is 7.20. The lowest BCUT2D eigenvalue weighted by Crippen LogP contribution is -2.42. The lowest BCUT2D eigenvalue weighted by molar-refractivity contribution is 0.0727. The predicted octanol–water partition coefficient (Wildman–Crippen LogP) is 2.65. The predicted molar refractivity (Wildman–Crippen MR) is 81.6 cm³/mol. The number of nitrogens with zero attached hydrogens (tertiary/aromatic N) is 1. The molecule has 1 saturated heterocycles. The molecule has 0 bridgehead atoms. The molecule has 1 heterocycles. The minimum Gasteiger partial charge on any atom is -0.334 e. The van der Waals surface area contributed by atoms with Crippen molar-refractivity contribution in [3.63, 3.8) is 0 Å². The van der Waals surface area contributed by atoms with Gasteiger partial charge in [-0.05, 0) is 35.2 Å². The molecule has 1 amide bonds. The highest BCUT2D eigenvalue weighted by atomic mass is 16.2. The number of hydrogen-bond acceptors (Lipinski definition) is 2. The van der Waals surface area contributed by atoms with E-state index in [1.165, 1.54) is 0 Å². The van der Waals surface area contributed by atoms with Crippen molar-refractivity contribution in [2.24, 2.45) is 11.7 Å². The van der Waals surface area contributed by atoms with Crippen LogP contribution in [-0.2, 0) is 0 Å². The summed E-state index contributed by atoms with van der Waals surface area (Å²) in [6.07, 6.45) is 1.04. The molecule has 0 spiro atoms. The Hall–Kier alpha value is -1.87. The van der Waals surface area contributed by atoms with E-state index in [0.717, 1.165) is 29.3 Å². The highest BCUT2D eigenvalue weighted by Crippen LogP contribution is 2.26. The third kappa shape index (κ3) is 2.18. The van der Waals surface area contributed by atoms with Gasteiger partial charge in [0.15, 0.2) is 0 Å². The summed E-state index contributed by atoms with van der Waals surface area (Å²) in [5.41, 5.74) is 6.59. The second kappa shape index (κ2) is 5.25. The van der Waals surface area contributed by atoms with Crippen LogP contribution in [0.2, 0.25) is 0 Å². The van der Waals surface area contributed by atoms with Gasteiger partial charge in [-0.15, -0.1) is 0 Å². The molecular formula is C17H20N2O. The van der Waals surface area contributed by atoms with E-state index >= 15 is 0 Å². The van der Waals surface area contributed by atoms with E-state index in [1.54, 1.807) is 0 Å². The van der Waals surface area contributed by atoms with E-state index in [1.807, 2.05) is 41.3 Å². The van der Waals surface area contributed by atoms with Gasteiger partial charge in [0, 0.05) is 24.7 Å². The fourth-order valence-corrected chi connectivity index (χ4v) is 3.11. The Labute approximate surface area is 119 Å². The van der Waals surface area contributed by atoms with Crippen molar-refractivity contribution < 1.29 is 4.79 Å². The van der Waals surface area contributed by atoms with Crippen molar-refractivity contribution >= 4 is 16.7 Å². The summed E-state index contributed by atoms with van der Waals surface area (Å²) in [7, 11) is 0. The van der Waals surface area contributed by atoms with Crippen LogP contribution < -0.4 is 5.73 Å². The Kier molecular flexibility index (Phi) is 3.45. The first-order chi connectivity index (χ1) is 9.70. The summed E-state index contributed by atoms with van der Waals surface area (Å²) in [6, 6.07) is 14.2. The van der Waals surface area contributed by atoms with Crippen LogP contribution in [0, 0.1) is 5.92 Å². The number of rotatable bonds is 2. The Morgan fingerprint density at radius 3 is 2.75 bits per heavy atom. The number of benzene rings is 2. The summed E-state index contributed by atoms with van der Waals surface area (Å²) < 4.78 is 0. The Morgan fingerprint density at radius 2 is 2.00 bits per heavy atom. The van der Waals surface area contributed by atoms with Gasteiger partial charge in [0.1, 0.15) is 0 Å². The van der Waals surface area contributed by atoms with Crippen molar-refractivity contribution in [2.45, 2.75) is 19.4 Å². The van der Waals surface area contributed by atoms with Crippen LogP contribution in [0.4, 0.5) is 0 Å². The summed E-state index contributed by atoms with van der Waals surface area (Å²) in [6.45, 7) is 3.53. The molecule has 104 valence electrons. The topological polar surface area (TPSA) is 46.3 Å². The molecule has 1 aliphatic heterocycles. The largest absolute Gasteiger partial charge is 0.334 e. The second-order valence-electron chi connectivity index (χ2n) is 5.63. The van der Waals surface area contributed by atoms with Crippen LogP contribution >= 0.6 is 0 Å². The van der Waals surface area contributed by atoms with E-state index < -0.39 is 0 Å². The minimum absolute atomic E-state index is 0.107. The van der Waals surface area contributed by atoms with Crippen LogP contribution in [0.3, 0.4) is 0 Å². The van der Waals surface area contributed by atoms with Crippen LogP contribution in [0.5, 0.6) is 0 Å². The molecule has 2 unspecified atom stereocenters. The third-order valence-corrected chi connectivity index (χ3v) is 4.38. The molecule has 0 aromatic heterocycles. The molecule has 2 aromatic rings. The van der Waals surface area contributed by atoms with E-state index in [0.29, 0.717) is 12.5 Å². The van der Waals surface area contributed by atoms with Crippen LogP contribution in [0.15, 0.2) is 42.5 Å². The number of carbonyl (C=O) groups is 1. The molecule has 2 atom stereocenters. The molecule has 1 aliphatic rings. The lowest BCUT2D eigenvalue weighted by Gasteiger charge is -2.25. The average Bonchev–Trinajstić information content (AvgIpc) is 2.86. The normalized spacial score (nSPS) is 22.4. The van der Waals surface area contributed by atoms with E-state index in [4.69, 9.17) is 5.73 Å². The second-order valence-corrected chi connectivity index (χ2v) is 5.63. The molecule has 0 aliphatic carbocycles. The van der Waals surface area contributed by atoms with Crippen molar-refractivity contribution in [1.82, 2.24) is 4.90 Å². The standard InChI is InChI=1S/C17H20N2O/c1-12-8-9-19(16(12)11-18)17(20)15-7-6-13-4-2-3-5-14(13)10-15/h2-7,10,12,16H,8-9,11,18H2,1H3. The molecule has 2 N–H and O–H groups in total. The van der Waals surface area contributed by atoms with E-state index in [2.05, 4.69) is 13.0 Å². The maximum atomic E-state index is 12.7. The highest BCUT2D eigenvalue weighted by Gasteiger charge is 2.33. The molecule has 3 rings (SSSR count). The minimum atomic E-state index is 0.107. The van der Waals surface area contributed by atoms with Crippen LogP contribution in [-0.4, -0.2) is 29.9 Å². The number of nitrogens with two attached hydrogens (primary N) is 1. The first-order valence-electron chi connectivity index (χ1n) is 7.20. The highest BCUT2D eigenvalue weighted by molar-refractivity contribution is 5.98. The number of amides is 1. The molecule has 0 saturated carbocycles. The van der Waals surface area contributed by atoms with Gasteiger partial charge in [-0.1, -0.05) is 37.3 Å². The van der Waals surface area contributed by atoms with Crippen LogP contribution in [0.1, 0.15) is 23.7 Å². The zero-order chi connectivity index (χ0) is 14.1. The number of likely N-dealkylation sites (tertiary alicyclic amines) is 1. The molecule has 1 fully saturated rings. The molecule has 0 radical (unpaired) electrons. The SMILES string of the molecule is CC1CCN(C(=O)c2ccc3ccccc3c2)C1CN. The van der Waals surface area contributed by atoms with Gasteiger partial charge in [-0.2, -0.15) is 0 Å². The summed E-state index contributed by atoms with van der Waals surface area (Å²) in [5, 5.41) is 2.27. The zero-order valence-corrected chi connectivity index (χ0v) is 11.8. The fraction of sp³-hybridized carbons (Fsp3) is 0.353. The molecular weight excluding hydrogens is 248 g/mol. The van der Waals surface area contributed by atoms with Crippen molar-refractivity contribution in [1.29, 1.82) is 0 Å². The van der Waals surface area contributed by atoms with Gasteiger partial charge in [-0.3, -0.25) is 4.79 Å². The third-order valence-electron chi connectivity index (χ3n) is 4.38. The number of carbonyl (C=O) groups excluding carboxylic acids is 1. The van der Waals surface area contributed by atoms with Gasteiger partial charge in [0.2, 0.25) is 0 Å². The zero-order valence-electron chi connectivity index (χ0n) is 11.8. The van der Waals surface area contributed by atoms with Crippen LogP contribution in [0.25, 0.3) is 10.8 Å². The molecule has 3 nitrogen and oxygen atoms in total. The lowest BCUT2D eigenvalue weighted by atomic mass is 10.0. The Bertz CT molecular complexity index is 638. The van der Waals surface area contributed by atoms with Gasteiger partial charge >= 0.3 is 0 Å². The van der Waals surface area contributed by atoms with Gasteiger partial charge < -0.3 is 10.6 Å². The fourth-order valence-electron chi connectivity index (χ4n) is 3.11. The van der Waals surface area contributed by atoms with E-state index in [-0.39, 0.29) is 11.9 Å². The Balaban J connectivity index is 1.92. The summed E-state index contributed by atoms with van der Waals surface area (Å²) in [5.74, 6) is 0.597. The van der Waals surface area contributed by atoms with Gasteiger partial charge in [0.25, 0.3) is 5.91 Å². The van der Waals surface area contributed by atoms with E-state index in [9.17, 15) is 4.79 Å². The summed E-state index contributed by atoms with van der Waals surface area (Å²) in [4.78, 5) is 14.6. The number of fused-ring (bicyclic) bond motifs is 1. The van der Waals surface area contributed by atoms with Crippen molar-refractivity contribution in [2.75, 3.05) is 13.1 Å². The summed E-state index contributed by atoms with van der Waals surface area (Å²) >= 11 is 0. The maximum absolute atomic E-state index is 12.7. The number of hydrogen-bond donors (Lipinski definition) is 1. The molecule has 3 heteroatoms. The molecule has 2 aromatic carbocycles. The van der Waals surface area contributed by atoms with Gasteiger partial charge in [0.05, 0.1) is 0 Å². The Morgan fingerprint density at radius 1 is 1.25 bits per heavy atom. The molecule has 20 heavy (non-hydrogen) atoms. The van der Waals surface area contributed by atoms with Crippen molar-refractivity contribution in [3.05, 3.63) is 48.0 Å². The van der Waals surface area contributed by atoms with Gasteiger partial charge in [-0.25, -0.2) is 0 Å². The van der Waals surface area contributed by atoms with Crippen molar-refractivity contribution in [3.8, 4) is 0 Å². The maximum Gasteiger partial charge on any atom is 0.254 e.